The number of hydrogen-bond donors (Lipinski definition) is 4. The van der Waals surface area contributed by atoms with Crippen molar-refractivity contribution in [1.29, 1.82) is 0 Å². The average molecular weight is 452 g/mol. The number of aliphatic hydroxyl groups is 1. The molecule has 2 aliphatic rings. The third kappa shape index (κ3) is 4.36. The third-order valence-corrected chi connectivity index (χ3v) is 5.92. The maximum atomic E-state index is 12.6. The molecule has 1 saturated carbocycles. The number of halogens is 3. The van der Waals surface area contributed by atoms with Gasteiger partial charge in [0.15, 0.2) is 11.5 Å². The van der Waals surface area contributed by atoms with Crippen LogP contribution < -0.4 is 20.9 Å². The van der Waals surface area contributed by atoms with E-state index in [-0.39, 0.29) is 24.0 Å². The highest BCUT2D eigenvalue weighted by atomic mass is 19.4. The fraction of sp³-hybridized carbons (Fsp3) is 0.600. The van der Waals surface area contributed by atoms with Gasteiger partial charge in [-0.15, -0.1) is 0 Å². The summed E-state index contributed by atoms with van der Waals surface area (Å²) in [4.78, 5) is 18.4. The standard InChI is InChI=1S/C20H27F3N8O/c1-9(2)16-18(32)29-15-10(3)26-19(30-17(15)31(16)4)28-12-5-11(6-12)27-14-8-24-13(7-25-14)20(21,22)23/h7-9,11-12,16,18,29,32H,5-6H2,1-4H3,(H,25,27)(H,26,28,30)/t11-,12+,16-,18?/m0/s1. The van der Waals surface area contributed by atoms with Gasteiger partial charge in [0.1, 0.15) is 17.7 Å². The smallest absolute Gasteiger partial charge is 0.372 e. The van der Waals surface area contributed by atoms with Gasteiger partial charge >= 0.3 is 6.18 Å². The topological polar surface area (TPSA) is 111 Å². The molecule has 9 nitrogen and oxygen atoms in total. The second-order valence-corrected chi connectivity index (χ2v) is 8.70. The summed E-state index contributed by atoms with van der Waals surface area (Å²) in [5.74, 6) is 1.77. The van der Waals surface area contributed by atoms with Crippen molar-refractivity contribution in [3.63, 3.8) is 0 Å². The molecule has 4 N–H and O–H groups in total. The second-order valence-electron chi connectivity index (χ2n) is 8.70. The Morgan fingerprint density at radius 2 is 1.81 bits per heavy atom. The molecule has 32 heavy (non-hydrogen) atoms. The number of likely N-dealkylation sites (N-methyl/N-ethyl adjacent to an activating group) is 1. The molecule has 2 atom stereocenters. The van der Waals surface area contributed by atoms with Crippen LogP contribution in [0.1, 0.15) is 38.1 Å². The van der Waals surface area contributed by atoms with Gasteiger partial charge in [0.05, 0.1) is 24.1 Å². The van der Waals surface area contributed by atoms with Crippen molar-refractivity contribution in [2.75, 3.05) is 27.9 Å². The van der Waals surface area contributed by atoms with Crippen molar-refractivity contribution >= 4 is 23.3 Å². The summed E-state index contributed by atoms with van der Waals surface area (Å²) in [5.41, 5.74) is 0.443. The quantitative estimate of drug-likeness (QED) is 0.544. The number of aryl methyl sites for hydroxylation is 1. The highest BCUT2D eigenvalue weighted by Gasteiger charge is 2.36. The highest BCUT2D eigenvalue weighted by molar-refractivity contribution is 5.72. The van der Waals surface area contributed by atoms with Crippen molar-refractivity contribution < 1.29 is 18.3 Å². The summed E-state index contributed by atoms with van der Waals surface area (Å²) >= 11 is 0. The molecule has 0 bridgehead atoms. The Morgan fingerprint density at radius 1 is 1.12 bits per heavy atom. The van der Waals surface area contributed by atoms with Crippen LogP contribution in [0, 0.1) is 12.8 Å². The van der Waals surface area contributed by atoms with E-state index < -0.39 is 18.1 Å². The van der Waals surface area contributed by atoms with Gasteiger partial charge in [-0.05, 0) is 25.7 Å². The van der Waals surface area contributed by atoms with Gasteiger partial charge in [-0.2, -0.15) is 18.2 Å². The predicted octanol–water partition coefficient (Wildman–Crippen LogP) is 2.85. The van der Waals surface area contributed by atoms with E-state index in [0.29, 0.717) is 11.8 Å². The summed E-state index contributed by atoms with van der Waals surface area (Å²) in [7, 11) is 1.91. The van der Waals surface area contributed by atoms with Gasteiger partial charge in [0.25, 0.3) is 0 Å². The fourth-order valence-electron chi connectivity index (χ4n) is 4.24. The highest BCUT2D eigenvalue weighted by Crippen LogP contribution is 2.36. The zero-order valence-electron chi connectivity index (χ0n) is 18.3. The first-order valence-electron chi connectivity index (χ1n) is 10.5. The molecule has 0 saturated heterocycles. The summed E-state index contributed by atoms with van der Waals surface area (Å²) < 4.78 is 37.8. The number of aliphatic hydroxyl groups excluding tert-OH is 1. The first kappa shape index (κ1) is 22.3. The molecule has 1 aliphatic heterocycles. The van der Waals surface area contributed by atoms with Crippen molar-refractivity contribution in [2.45, 2.75) is 64.1 Å². The number of rotatable bonds is 5. The Labute approximate surface area is 183 Å². The van der Waals surface area contributed by atoms with Crippen LogP contribution in [0.4, 0.5) is 36.4 Å². The van der Waals surface area contributed by atoms with E-state index in [1.165, 1.54) is 0 Å². The Morgan fingerprint density at radius 3 is 2.41 bits per heavy atom. The lowest BCUT2D eigenvalue weighted by molar-refractivity contribution is -0.141. The largest absolute Gasteiger partial charge is 0.434 e. The van der Waals surface area contributed by atoms with E-state index >= 15 is 0 Å². The van der Waals surface area contributed by atoms with Crippen LogP contribution in [0.5, 0.6) is 0 Å². The minimum Gasteiger partial charge on any atom is -0.372 e. The molecular formula is C20H27F3N8O. The molecule has 3 heterocycles. The predicted molar refractivity (Wildman–Crippen MR) is 115 cm³/mol. The zero-order valence-corrected chi connectivity index (χ0v) is 18.3. The van der Waals surface area contributed by atoms with E-state index in [9.17, 15) is 18.3 Å². The van der Waals surface area contributed by atoms with Crippen molar-refractivity contribution in [1.82, 2.24) is 19.9 Å². The Bertz CT molecular complexity index is 963. The fourth-order valence-corrected chi connectivity index (χ4v) is 4.24. The SMILES string of the molecule is Cc1nc(N[C@H]2C[C@@H](Nc3cnc(C(F)(F)F)cn3)C2)nc2c1NC(O)[C@H](C(C)C)N2C. The molecule has 0 spiro atoms. The summed E-state index contributed by atoms with van der Waals surface area (Å²) in [6, 6.07) is 0.0783. The molecule has 1 aliphatic carbocycles. The third-order valence-electron chi connectivity index (χ3n) is 5.92. The van der Waals surface area contributed by atoms with Crippen molar-refractivity contribution in [3.8, 4) is 0 Å². The average Bonchev–Trinajstić information content (AvgIpc) is 2.67. The molecule has 0 amide bonds. The van der Waals surface area contributed by atoms with Gasteiger partial charge in [-0.3, -0.25) is 0 Å². The van der Waals surface area contributed by atoms with Crippen LogP contribution in [-0.4, -0.2) is 56.4 Å². The van der Waals surface area contributed by atoms with Crippen molar-refractivity contribution in [2.24, 2.45) is 5.92 Å². The number of fused-ring (bicyclic) bond motifs is 1. The maximum absolute atomic E-state index is 12.6. The van der Waals surface area contributed by atoms with E-state index in [2.05, 4.69) is 35.9 Å². The molecular weight excluding hydrogens is 425 g/mol. The summed E-state index contributed by atoms with van der Waals surface area (Å²) in [6.07, 6.45) is -1.90. The molecule has 12 heteroatoms. The molecule has 1 fully saturated rings. The number of nitrogens with one attached hydrogen (secondary N) is 3. The van der Waals surface area contributed by atoms with Gasteiger partial charge in [0, 0.05) is 19.1 Å². The summed E-state index contributed by atoms with van der Waals surface area (Å²) in [5, 5.41) is 20.0. The summed E-state index contributed by atoms with van der Waals surface area (Å²) in [6.45, 7) is 5.96. The number of aromatic nitrogens is 4. The lowest BCUT2D eigenvalue weighted by atomic mass is 9.87. The molecule has 2 aromatic heterocycles. The lowest BCUT2D eigenvalue weighted by Crippen LogP contribution is -2.52. The van der Waals surface area contributed by atoms with Gasteiger partial charge in [-0.25, -0.2) is 15.0 Å². The van der Waals surface area contributed by atoms with E-state index in [0.717, 1.165) is 42.4 Å². The number of anilines is 4. The molecule has 0 radical (unpaired) electrons. The molecule has 2 aromatic rings. The second kappa shape index (κ2) is 8.23. The maximum Gasteiger partial charge on any atom is 0.434 e. The Kier molecular flexibility index (Phi) is 5.74. The molecule has 174 valence electrons. The monoisotopic (exact) mass is 452 g/mol. The van der Waals surface area contributed by atoms with E-state index in [1.807, 2.05) is 32.7 Å². The minimum atomic E-state index is -4.50. The number of alkyl halides is 3. The normalized spacial score (nSPS) is 25.1. The van der Waals surface area contributed by atoms with E-state index in [1.54, 1.807) is 0 Å². The zero-order chi connectivity index (χ0) is 23.2. The number of nitrogens with zero attached hydrogens (tertiary/aromatic N) is 5. The van der Waals surface area contributed by atoms with Crippen LogP contribution in [0.3, 0.4) is 0 Å². The molecule has 1 unspecified atom stereocenters. The van der Waals surface area contributed by atoms with Gasteiger partial charge in [0.2, 0.25) is 5.95 Å². The molecule has 0 aromatic carbocycles. The van der Waals surface area contributed by atoms with Crippen LogP contribution in [0.15, 0.2) is 12.4 Å². The van der Waals surface area contributed by atoms with Gasteiger partial charge in [-0.1, -0.05) is 13.8 Å². The number of hydrogen-bond acceptors (Lipinski definition) is 9. The van der Waals surface area contributed by atoms with Gasteiger partial charge < -0.3 is 26.0 Å². The van der Waals surface area contributed by atoms with Crippen LogP contribution in [-0.2, 0) is 6.18 Å². The van der Waals surface area contributed by atoms with Crippen LogP contribution >= 0.6 is 0 Å². The first-order chi connectivity index (χ1) is 15.0. The lowest BCUT2D eigenvalue weighted by Gasteiger charge is -2.42. The van der Waals surface area contributed by atoms with Crippen molar-refractivity contribution in [3.05, 3.63) is 23.8 Å². The van der Waals surface area contributed by atoms with Crippen LogP contribution in [0.2, 0.25) is 0 Å². The first-order valence-corrected chi connectivity index (χ1v) is 10.5. The van der Waals surface area contributed by atoms with E-state index in [4.69, 9.17) is 0 Å². The Balaban J connectivity index is 1.37. The molecule has 4 rings (SSSR count). The Hall–Kier alpha value is -2.89. The van der Waals surface area contributed by atoms with Crippen LogP contribution in [0.25, 0.3) is 0 Å². The minimum absolute atomic E-state index is 0.0714.